The van der Waals surface area contributed by atoms with Gasteiger partial charge in [-0.25, -0.2) is 4.79 Å². The summed E-state index contributed by atoms with van der Waals surface area (Å²) in [6.45, 7) is 2.63. The summed E-state index contributed by atoms with van der Waals surface area (Å²) in [6.07, 6.45) is 1.13. The number of carbonyl (C=O) groups excluding carboxylic acids is 1. The van der Waals surface area contributed by atoms with E-state index in [1.165, 1.54) is 4.90 Å². The number of amides is 2. The number of urea groups is 1. The normalized spacial score (nSPS) is 10.0. The highest BCUT2D eigenvalue weighted by Crippen LogP contribution is 2.18. The third-order valence-corrected chi connectivity index (χ3v) is 3.21. The number of anilines is 1. The number of unbranched alkanes of at least 4 members (excludes halogenated alkanes) is 1. The molecule has 0 spiro atoms. The molecule has 0 aliphatic heterocycles. The quantitative estimate of drug-likeness (QED) is 0.787. The van der Waals surface area contributed by atoms with E-state index in [2.05, 4.69) is 16.5 Å². The predicted octanol–water partition coefficient (Wildman–Crippen LogP) is 3.33. The minimum atomic E-state index is -0.253. The molecule has 7 heteroatoms. The van der Waals surface area contributed by atoms with E-state index in [4.69, 9.17) is 14.5 Å². The third kappa shape index (κ3) is 5.32. The SMILES string of the molecule is Cc1cc(CN(C)C(=O)Nc2cccc(OCCCC#N)c2)no1. The van der Waals surface area contributed by atoms with E-state index in [9.17, 15) is 4.79 Å². The third-order valence-electron chi connectivity index (χ3n) is 3.21. The number of carbonyl (C=O) groups is 1. The molecule has 0 bridgehead atoms. The molecular formula is C17H20N4O3. The van der Waals surface area contributed by atoms with Crippen LogP contribution in [0.25, 0.3) is 0 Å². The van der Waals surface area contributed by atoms with Crippen LogP contribution in [0.1, 0.15) is 24.3 Å². The summed E-state index contributed by atoms with van der Waals surface area (Å²) in [5, 5.41) is 15.2. The van der Waals surface area contributed by atoms with Crippen LogP contribution in [0.5, 0.6) is 5.75 Å². The smallest absolute Gasteiger partial charge is 0.321 e. The number of hydrogen-bond acceptors (Lipinski definition) is 5. The summed E-state index contributed by atoms with van der Waals surface area (Å²) in [5.41, 5.74) is 1.33. The van der Waals surface area contributed by atoms with Crippen LogP contribution in [0.2, 0.25) is 0 Å². The van der Waals surface area contributed by atoms with E-state index in [-0.39, 0.29) is 6.03 Å². The monoisotopic (exact) mass is 328 g/mol. The van der Waals surface area contributed by atoms with Crippen LogP contribution in [-0.2, 0) is 6.54 Å². The van der Waals surface area contributed by atoms with Gasteiger partial charge in [-0.05, 0) is 25.5 Å². The average Bonchev–Trinajstić information content (AvgIpc) is 2.97. The first kappa shape index (κ1) is 17.3. The molecule has 0 aliphatic rings. The van der Waals surface area contributed by atoms with Crippen molar-refractivity contribution in [2.75, 3.05) is 19.0 Å². The van der Waals surface area contributed by atoms with E-state index in [1.807, 2.05) is 6.07 Å². The number of aryl methyl sites for hydroxylation is 1. The fourth-order valence-electron chi connectivity index (χ4n) is 2.03. The van der Waals surface area contributed by atoms with Gasteiger partial charge in [0.25, 0.3) is 0 Å². The minimum absolute atomic E-state index is 0.253. The van der Waals surface area contributed by atoms with Crippen molar-refractivity contribution < 1.29 is 14.1 Å². The molecule has 0 fully saturated rings. The van der Waals surface area contributed by atoms with Crippen LogP contribution in [0.3, 0.4) is 0 Å². The Morgan fingerprint density at radius 3 is 3.00 bits per heavy atom. The first-order valence-corrected chi connectivity index (χ1v) is 7.62. The molecule has 0 aliphatic carbocycles. The molecule has 0 atom stereocenters. The lowest BCUT2D eigenvalue weighted by Gasteiger charge is -2.17. The Morgan fingerprint density at radius 2 is 2.29 bits per heavy atom. The van der Waals surface area contributed by atoms with Crippen LogP contribution >= 0.6 is 0 Å². The number of aromatic nitrogens is 1. The molecule has 0 saturated carbocycles. The van der Waals surface area contributed by atoms with Crippen molar-refractivity contribution in [3.8, 4) is 11.8 Å². The number of ether oxygens (including phenoxy) is 1. The summed E-state index contributed by atoms with van der Waals surface area (Å²) in [5.74, 6) is 1.36. The summed E-state index contributed by atoms with van der Waals surface area (Å²) < 4.78 is 10.5. The highest BCUT2D eigenvalue weighted by Gasteiger charge is 2.12. The number of hydrogen-bond donors (Lipinski definition) is 1. The van der Waals surface area contributed by atoms with Crippen molar-refractivity contribution in [1.29, 1.82) is 5.26 Å². The summed E-state index contributed by atoms with van der Waals surface area (Å²) >= 11 is 0. The van der Waals surface area contributed by atoms with Gasteiger partial charge in [0.15, 0.2) is 0 Å². The van der Waals surface area contributed by atoms with Gasteiger partial charge in [0.1, 0.15) is 17.2 Å². The maximum absolute atomic E-state index is 12.2. The highest BCUT2D eigenvalue weighted by molar-refractivity contribution is 5.89. The standard InChI is InChI=1S/C17H20N4O3/c1-13-10-15(20-24-13)12-21(2)17(22)19-14-6-5-7-16(11-14)23-9-4-3-8-18/h5-7,10-11H,3-4,9,12H2,1-2H3,(H,19,22). The fraction of sp³-hybridized carbons (Fsp3) is 0.353. The first-order valence-electron chi connectivity index (χ1n) is 7.62. The van der Waals surface area contributed by atoms with Gasteiger partial charge in [0.05, 0.1) is 19.2 Å². The van der Waals surface area contributed by atoms with Crippen LogP contribution < -0.4 is 10.1 Å². The maximum atomic E-state index is 12.2. The Hall–Kier alpha value is -3.01. The second-order valence-corrected chi connectivity index (χ2v) is 5.35. The number of rotatable bonds is 7. The lowest BCUT2D eigenvalue weighted by molar-refractivity contribution is 0.219. The van der Waals surface area contributed by atoms with Crippen molar-refractivity contribution in [2.24, 2.45) is 0 Å². The van der Waals surface area contributed by atoms with Crippen molar-refractivity contribution >= 4 is 11.7 Å². The molecule has 0 unspecified atom stereocenters. The molecule has 0 saturated heterocycles. The molecule has 24 heavy (non-hydrogen) atoms. The van der Waals surface area contributed by atoms with Gasteiger partial charge in [-0.2, -0.15) is 5.26 Å². The molecule has 1 aromatic heterocycles. The molecule has 126 valence electrons. The van der Waals surface area contributed by atoms with Gasteiger partial charge < -0.3 is 19.5 Å². The molecule has 2 aromatic rings. The van der Waals surface area contributed by atoms with Crippen molar-refractivity contribution in [3.05, 3.63) is 41.8 Å². The van der Waals surface area contributed by atoms with Crippen molar-refractivity contribution in [3.63, 3.8) is 0 Å². The molecule has 1 aromatic carbocycles. The molecule has 1 N–H and O–H groups in total. The van der Waals surface area contributed by atoms with E-state index in [1.54, 1.807) is 38.2 Å². The van der Waals surface area contributed by atoms with E-state index in [0.717, 1.165) is 0 Å². The van der Waals surface area contributed by atoms with Crippen LogP contribution in [0, 0.1) is 18.3 Å². The number of nitrogens with one attached hydrogen (secondary N) is 1. The first-order chi connectivity index (χ1) is 11.6. The number of nitriles is 1. The topological polar surface area (TPSA) is 91.4 Å². The Labute approximate surface area is 140 Å². The zero-order chi connectivity index (χ0) is 17.4. The zero-order valence-electron chi connectivity index (χ0n) is 13.8. The Morgan fingerprint density at radius 1 is 1.46 bits per heavy atom. The van der Waals surface area contributed by atoms with Gasteiger partial charge >= 0.3 is 6.03 Å². The van der Waals surface area contributed by atoms with Gasteiger partial charge in [-0.15, -0.1) is 0 Å². The Bertz CT molecular complexity index is 721. The van der Waals surface area contributed by atoms with E-state index >= 15 is 0 Å². The highest BCUT2D eigenvalue weighted by atomic mass is 16.5. The second-order valence-electron chi connectivity index (χ2n) is 5.35. The lowest BCUT2D eigenvalue weighted by atomic mass is 10.3. The number of benzene rings is 1. The number of nitrogens with zero attached hydrogens (tertiary/aromatic N) is 3. The largest absolute Gasteiger partial charge is 0.493 e. The minimum Gasteiger partial charge on any atom is -0.493 e. The molecule has 2 amide bonds. The lowest BCUT2D eigenvalue weighted by Crippen LogP contribution is -2.30. The Kier molecular flexibility index (Phi) is 6.20. The Balaban J connectivity index is 1.87. The summed E-state index contributed by atoms with van der Waals surface area (Å²) in [7, 11) is 1.68. The molecular weight excluding hydrogens is 308 g/mol. The molecule has 0 radical (unpaired) electrons. The van der Waals surface area contributed by atoms with Crippen molar-refractivity contribution in [1.82, 2.24) is 10.1 Å². The molecule has 7 nitrogen and oxygen atoms in total. The zero-order valence-corrected chi connectivity index (χ0v) is 13.8. The van der Waals surface area contributed by atoms with E-state index < -0.39 is 0 Å². The van der Waals surface area contributed by atoms with Gasteiger partial charge in [-0.3, -0.25) is 0 Å². The maximum Gasteiger partial charge on any atom is 0.321 e. The summed E-state index contributed by atoms with van der Waals surface area (Å²) in [4.78, 5) is 13.7. The van der Waals surface area contributed by atoms with Gasteiger partial charge in [-0.1, -0.05) is 11.2 Å². The van der Waals surface area contributed by atoms with Crippen LogP contribution in [0.15, 0.2) is 34.9 Å². The fourth-order valence-corrected chi connectivity index (χ4v) is 2.03. The average molecular weight is 328 g/mol. The van der Waals surface area contributed by atoms with Crippen LogP contribution in [-0.4, -0.2) is 29.7 Å². The molecule has 2 rings (SSSR count). The predicted molar refractivity (Wildman–Crippen MR) is 88.5 cm³/mol. The molecule has 1 heterocycles. The van der Waals surface area contributed by atoms with Crippen molar-refractivity contribution in [2.45, 2.75) is 26.3 Å². The summed E-state index contributed by atoms with van der Waals surface area (Å²) in [6, 6.07) is 10.8. The van der Waals surface area contributed by atoms with Crippen LogP contribution in [0.4, 0.5) is 10.5 Å². The van der Waals surface area contributed by atoms with Gasteiger partial charge in [0, 0.05) is 31.3 Å². The second kappa shape index (κ2) is 8.58. The van der Waals surface area contributed by atoms with Gasteiger partial charge in [0.2, 0.25) is 0 Å². The van der Waals surface area contributed by atoms with E-state index in [0.29, 0.717) is 48.9 Å².